The number of hydrogen-bond acceptors (Lipinski definition) is 15. The fourth-order valence-corrected chi connectivity index (χ4v) is 8.27. The molecular weight excluding hydrogens is 853 g/mol. The Morgan fingerprint density at radius 2 is 0.970 bits per heavy atom. The number of carbonyl (C=O) groups is 2. The molecule has 2 aliphatic heterocycles. The molecule has 11 atom stereocenters. The standard InChI is InChI=1S/C51H92O15/c1-3-5-7-9-11-13-15-17-19-21-23-25-27-29-31-33-42(53)61-36-39(64-43(54)34-32-30-28-26-24-22-20-18-16-14-12-10-8-6-4-2)37-62-50-49(60)47(58)45(56)41(66-50)38-63-51-48(59)46(57)44(55)40(35-52)65-51/h4,27,29,39-41,44-52,55-60H,2-3,5-26,28,30-38H2,1H3/b29-27+/t39-,40-,41-,44+,45+,46?,47?,48?,49?,50-,51-/m1/s1. The third-order valence-electron chi connectivity index (χ3n) is 12.6. The van der Waals surface area contributed by atoms with E-state index in [1.807, 2.05) is 12.2 Å². The van der Waals surface area contributed by atoms with E-state index in [9.17, 15) is 45.3 Å². The molecule has 2 rings (SSSR count). The number of allylic oxidation sites excluding steroid dienone is 3. The maximum absolute atomic E-state index is 13.0. The summed E-state index contributed by atoms with van der Waals surface area (Å²) in [6.45, 7) is 4.10. The van der Waals surface area contributed by atoms with Gasteiger partial charge in [0.1, 0.15) is 55.4 Å². The van der Waals surface area contributed by atoms with Crippen LogP contribution in [-0.2, 0) is 38.0 Å². The molecule has 2 fully saturated rings. The van der Waals surface area contributed by atoms with Gasteiger partial charge in [0.15, 0.2) is 18.7 Å². The number of hydrogen-bond donors (Lipinski definition) is 7. The molecule has 0 aromatic heterocycles. The number of rotatable bonds is 41. The quantitative estimate of drug-likeness (QED) is 0.0183. The van der Waals surface area contributed by atoms with Gasteiger partial charge < -0.3 is 64.2 Å². The molecule has 4 unspecified atom stereocenters. The number of esters is 2. The molecule has 0 aliphatic carbocycles. The Hall–Kier alpha value is -2.02. The highest BCUT2D eigenvalue weighted by atomic mass is 16.7. The average Bonchev–Trinajstić information content (AvgIpc) is 3.31. The monoisotopic (exact) mass is 945 g/mol. The van der Waals surface area contributed by atoms with Crippen LogP contribution in [0.5, 0.6) is 0 Å². The first-order valence-electron chi connectivity index (χ1n) is 25.9. The summed E-state index contributed by atoms with van der Waals surface area (Å²) in [7, 11) is 0. The zero-order valence-corrected chi connectivity index (χ0v) is 40.5. The van der Waals surface area contributed by atoms with Crippen molar-refractivity contribution in [3.8, 4) is 0 Å². The van der Waals surface area contributed by atoms with Crippen molar-refractivity contribution in [2.45, 2.75) is 261 Å². The van der Waals surface area contributed by atoms with Crippen LogP contribution in [0.3, 0.4) is 0 Å². The Kier molecular flexibility index (Phi) is 35.3. The predicted molar refractivity (Wildman–Crippen MR) is 252 cm³/mol. The SMILES string of the molecule is C=CCCCCCCCCCCCCCCCC(=O)O[C@H](COC(=O)CC/C=C/CCCCCCCCCCCCC)CO[C@@H]1O[C@H](CO[C@@H]2O[C@H](CO)[C@H](O)C(O)C2O)[C@H](O)C(O)C1O. The summed E-state index contributed by atoms with van der Waals surface area (Å²) in [6.07, 6.45) is 21.1. The van der Waals surface area contributed by atoms with Crippen molar-refractivity contribution in [3.63, 3.8) is 0 Å². The van der Waals surface area contributed by atoms with Crippen LogP contribution in [0.25, 0.3) is 0 Å². The van der Waals surface area contributed by atoms with Gasteiger partial charge in [0, 0.05) is 12.8 Å². The van der Waals surface area contributed by atoms with E-state index in [2.05, 4.69) is 19.6 Å². The number of ether oxygens (including phenoxy) is 6. The van der Waals surface area contributed by atoms with Crippen molar-refractivity contribution in [3.05, 3.63) is 24.8 Å². The summed E-state index contributed by atoms with van der Waals surface area (Å²) in [6, 6.07) is 0. The topological polar surface area (TPSA) is 231 Å². The Morgan fingerprint density at radius 3 is 1.50 bits per heavy atom. The third-order valence-corrected chi connectivity index (χ3v) is 12.6. The van der Waals surface area contributed by atoms with Gasteiger partial charge in [-0.3, -0.25) is 9.59 Å². The van der Waals surface area contributed by atoms with Crippen molar-refractivity contribution in [1.82, 2.24) is 0 Å². The Morgan fingerprint density at radius 1 is 0.515 bits per heavy atom. The maximum atomic E-state index is 13.0. The van der Waals surface area contributed by atoms with Gasteiger partial charge in [-0.25, -0.2) is 0 Å². The van der Waals surface area contributed by atoms with Gasteiger partial charge in [0.25, 0.3) is 0 Å². The van der Waals surface area contributed by atoms with E-state index < -0.39 is 99.3 Å². The molecule has 15 nitrogen and oxygen atoms in total. The second-order valence-electron chi connectivity index (χ2n) is 18.4. The van der Waals surface area contributed by atoms with Gasteiger partial charge in [-0.05, 0) is 38.5 Å². The molecule has 0 spiro atoms. The Balaban J connectivity index is 1.81. The molecule has 386 valence electrons. The van der Waals surface area contributed by atoms with Crippen molar-refractivity contribution >= 4 is 11.9 Å². The summed E-state index contributed by atoms with van der Waals surface area (Å²) < 4.78 is 33.5. The van der Waals surface area contributed by atoms with E-state index in [0.717, 1.165) is 38.5 Å². The van der Waals surface area contributed by atoms with Crippen LogP contribution in [-0.4, -0.2) is 142 Å². The van der Waals surface area contributed by atoms with E-state index >= 15 is 0 Å². The van der Waals surface area contributed by atoms with Gasteiger partial charge in [-0.15, -0.1) is 6.58 Å². The Bertz CT molecular complexity index is 1240. The van der Waals surface area contributed by atoms with Crippen molar-refractivity contribution < 1.29 is 73.8 Å². The minimum atomic E-state index is -1.77. The van der Waals surface area contributed by atoms with E-state index in [4.69, 9.17) is 28.4 Å². The van der Waals surface area contributed by atoms with Crippen molar-refractivity contribution in [1.29, 1.82) is 0 Å². The molecule has 2 aliphatic rings. The first-order chi connectivity index (χ1) is 32.0. The first kappa shape index (κ1) is 60.1. The van der Waals surface area contributed by atoms with Crippen LogP contribution < -0.4 is 0 Å². The zero-order valence-electron chi connectivity index (χ0n) is 40.5. The molecule has 2 saturated heterocycles. The second-order valence-corrected chi connectivity index (χ2v) is 18.4. The van der Waals surface area contributed by atoms with Crippen LogP contribution in [0.2, 0.25) is 0 Å². The lowest BCUT2D eigenvalue weighted by atomic mass is 9.98. The molecular formula is C51H92O15. The normalized spacial score (nSPS) is 26.1. The molecule has 0 aromatic carbocycles. The lowest BCUT2D eigenvalue weighted by Crippen LogP contribution is -2.61. The van der Waals surface area contributed by atoms with Crippen molar-refractivity contribution in [2.75, 3.05) is 26.4 Å². The van der Waals surface area contributed by atoms with E-state index in [0.29, 0.717) is 12.8 Å². The summed E-state index contributed by atoms with van der Waals surface area (Å²) in [5.41, 5.74) is 0. The Labute approximate surface area is 396 Å². The molecule has 15 heteroatoms. The maximum Gasteiger partial charge on any atom is 0.306 e. The summed E-state index contributed by atoms with van der Waals surface area (Å²) in [5.74, 6) is -0.978. The van der Waals surface area contributed by atoms with Crippen molar-refractivity contribution in [2.24, 2.45) is 0 Å². The molecule has 0 bridgehead atoms. The highest BCUT2D eigenvalue weighted by Crippen LogP contribution is 2.26. The van der Waals surface area contributed by atoms with Crippen LogP contribution >= 0.6 is 0 Å². The molecule has 0 amide bonds. The van der Waals surface area contributed by atoms with Crippen LogP contribution in [0.4, 0.5) is 0 Å². The van der Waals surface area contributed by atoms with Gasteiger partial charge in [-0.2, -0.15) is 0 Å². The average molecular weight is 945 g/mol. The minimum absolute atomic E-state index is 0.136. The summed E-state index contributed by atoms with van der Waals surface area (Å²) in [4.78, 5) is 25.7. The van der Waals surface area contributed by atoms with E-state index in [-0.39, 0.29) is 19.4 Å². The van der Waals surface area contributed by atoms with Crippen LogP contribution in [0, 0.1) is 0 Å². The molecule has 66 heavy (non-hydrogen) atoms. The summed E-state index contributed by atoms with van der Waals surface area (Å²) in [5, 5.41) is 72.0. The summed E-state index contributed by atoms with van der Waals surface area (Å²) >= 11 is 0. The molecule has 7 N–H and O–H groups in total. The van der Waals surface area contributed by atoms with E-state index in [1.54, 1.807) is 0 Å². The third kappa shape index (κ3) is 26.7. The molecule has 0 radical (unpaired) electrons. The molecule has 0 saturated carbocycles. The highest BCUT2D eigenvalue weighted by molar-refractivity contribution is 5.70. The van der Waals surface area contributed by atoms with Crippen LogP contribution in [0.15, 0.2) is 24.8 Å². The van der Waals surface area contributed by atoms with Gasteiger partial charge >= 0.3 is 11.9 Å². The van der Waals surface area contributed by atoms with Crippen LogP contribution in [0.1, 0.15) is 193 Å². The largest absolute Gasteiger partial charge is 0.462 e. The number of aliphatic hydroxyl groups is 7. The highest BCUT2D eigenvalue weighted by Gasteiger charge is 2.47. The predicted octanol–water partition coefficient (Wildman–Crippen LogP) is 7.16. The zero-order chi connectivity index (χ0) is 48.2. The first-order valence-corrected chi connectivity index (χ1v) is 25.9. The lowest BCUT2D eigenvalue weighted by molar-refractivity contribution is -0.332. The fourth-order valence-electron chi connectivity index (χ4n) is 8.27. The number of unbranched alkanes of at least 4 members (excludes halogenated alkanes) is 24. The minimum Gasteiger partial charge on any atom is -0.462 e. The number of carbonyl (C=O) groups excluding carboxylic acids is 2. The smallest absolute Gasteiger partial charge is 0.306 e. The van der Waals surface area contributed by atoms with Gasteiger partial charge in [0.2, 0.25) is 0 Å². The van der Waals surface area contributed by atoms with E-state index in [1.165, 1.54) is 122 Å². The fraction of sp³-hybridized carbons (Fsp3) is 0.882. The number of aliphatic hydroxyl groups excluding tert-OH is 7. The van der Waals surface area contributed by atoms with Gasteiger partial charge in [0.05, 0.1) is 19.8 Å². The second kappa shape index (κ2) is 38.8. The van der Waals surface area contributed by atoms with Gasteiger partial charge in [-0.1, -0.05) is 160 Å². The molecule has 2 heterocycles. The lowest BCUT2D eigenvalue weighted by Gasteiger charge is -2.42. The molecule has 0 aromatic rings.